The maximum absolute atomic E-state index is 12.3. The molecule has 0 saturated heterocycles. The second-order valence-electron chi connectivity index (χ2n) is 6.83. The smallest absolute Gasteiger partial charge is 0.250 e. The molecule has 3 aromatic rings. The highest BCUT2D eigenvalue weighted by molar-refractivity contribution is 6.02. The number of hydrogen-bond acceptors (Lipinski definition) is 6. The highest BCUT2D eigenvalue weighted by Crippen LogP contribution is 2.19. The van der Waals surface area contributed by atoms with E-state index in [1.807, 2.05) is 24.3 Å². The molecule has 0 aliphatic heterocycles. The number of hydrogen-bond donors (Lipinski definition) is 2. The molecule has 2 amide bonds. The third-order valence-electron chi connectivity index (χ3n) is 3.90. The number of nitrogens with two attached hydrogens (primary N) is 1. The number of aromatic nitrogens is 4. The number of nitrogens with one attached hydrogen (secondary N) is 1. The number of carbonyl (C=O) groups excluding carboxylic acids is 2. The van der Waals surface area contributed by atoms with E-state index in [4.69, 9.17) is 10.5 Å². The summed E-state index contributed by atoms with van der Waals surface area (Å²) in [5.41, 5.74) is 6.64. The van der Waals surface area contributed by atoms with Crippen LogP contribution in [0.3, 0.4) is 0 Å². The van der Waals surface area contributed by atoms with Crippen molar-refractivity contribution in [2.75, 3.05) is 11.9 Å². The first kappa shape index (κ1) is 20.0. The van der Waals surface area contributed by atoms with Gasteiger partial charge >= 0.3 is 0 Å². The van der Waals surface area contributed by atoms with Gasteiger partial charge in [0.05, 0.1) is 17.9 Å². The maximum atomic E-state index is 12.3. The van der Waals surface area contributed by atoms with Gasteiger partial charge in [0, 0.05) is 5.56 Å². The van der Waals surface area contributed by atoms with E-state index in [1.54, 1.807) is 18.2 Å². The number of nitrogens with zero attached hydrogens (tertiary/aromatic N) is 4. The predicted octanol–water partition coefficient (Wildman–Crippen LogP) is 2.11. The number of rotatable bonds is 8. The quantitative estimate of drug-likeness (QED) is 0.603. The number of amides is 2. The fourth-order valence-electron chi connectivity index (χ4n) is 2.51. The summed E-state index contributed by atoms with van der Waals surface area (Å²) in [5, 5.41) is 14.7. The Bertz CT molecular complexity index is 997. The maximum Gasteiger partial charge on any atom is 0.250 e. The number of ether oxygens (including phenoxy) is 1. The predicted molar refractivity (Wildman–Crippen MR) is 107 cm³/mol. The Morgan fingerprint density at radius 3 is 2.55 bits per heavy atom. The third-order valence-corrected chi connectivity index (χ3v) is 3.90. The zero-order chi connectivity index (χ0) is 20.8. The lowest BCUT2D eigenvalue weighted by atomic mass is 10.1. The number of benzene rings is 2. The molecule has 0 spiro atoms. The average molecular weight is 394 g/mol. The van der Waals surface area contributed by atoms with Crippen molar-refractivity contribution in [3.8, 4) is 17.1 Å². The van der Waals surface area contributed by atoms with Gasteiger partial charge in [0.15, 0.2) is 0 Å². The number of primary amides is 1. The standard InChI is InChI=1S/C20H22N6O3/c1-13(2)12-29-15-9-7-14(8-10-15)20-23-25-26(24-20)11-18(27)22-17-6-4-3-5-16(17)19(21)28/h3-10,13H,11-12H2,1-2H3,(H2,21,28)(H,22,27). The summed E-state index contributed by atoms with van der Waals surface area (Å²) in [4.78, 5) is 24.9. The largest absolute Gasteiger partial charge is 0.493 e. The Morgan fingerprint density at radius 2 is 1.86 bits per heavy atom. The summed E-state index contributed by atoms with van der Waals surface area (Å²) in [6.45, 7) is 4.65. The molecule has 0 fully saturated rings. The van der Waals surface area contributed by atoms with Gasteiger partial charge in [0.2, 0.25) is 11.7 Å². The summed E-state index contributed by atoms with van der Waals surface area (Å²) in [5.74, 6) is 0.577. The molecule has 3 N–H and O–H groups in total. The average Bonchev–Trinajstić information content (AvgIpc) is 3.15. The van der Waals surface area contributed by atoms with Crippen LogP contribution in [-0.4, -0.2) is 38.6 Å². The van der Waals surface area contributed by atoms with Gasteiger partial charge in [-0.2, -0.15) is 4.80 Å². The second-order valence-corrected chi connectivity index (χ2v) is 6.83. The first-order chi connectivity index (χ1) is 13.9. The molecule has 9 nitrogen and oxygen atoms in total. The minimum Gasteiger partial charge on any atom is -0.493 e. The minimum absolute atomic E-state index is 0.157. The van der Waals surface area contributed by atoms with Gasteiger partial charge in [0.1, 0.15) is 12.3 Å². The molecule has 0 bridgehead atoms. The Kier molecular flexibility index (Phi) is 6.18. The molecule has 2 aromatic carbocycles. The molecule has 1 aromatic heterocycles. The van der Waals surface area contributed by atoms with Gasteiger partial charge in [-0.05, 0) is 47.5 Å². The number of carbonyl (C=O) groups is 2. The van der Waals surface area contributed by atoms with Crippen LogP contribution in [0.5, 0.6) is 5.75 Å². The lowest BCUT2D eigenvalue weighted by Gasteiger charge is -2.08. The van der Waals surface area contributed by atoms with Crippen LogP contribution in [0, 0.1) is 5.92 Å². The van der Waals surface area contributed by atoms with Gasteiger partial charge in [0.25, 0.3) is 5.91 Å². The second kappa shape index (κ2) is 8.96. The topological polar surface area (TPSA) is 125 Å². The van der Waals surface area contributed by atoms with Gasteiger partial charge in [-0.3, -0.25) is 9.59 Å². The molecule has 0 saturated carbocycles. The van der Waals surface area contributed by atoms with Crippen LogP contribution in [0.4, 0.5) is 5.69 Å². The monoisotopic (exact) mass is 394 g/mol. The Balaban J connectivity index is 1.63. The van der Waals surface area contributed by atoms with Crippen LogP contribution in [0.1, 0.15) is 24.2 Å². The van der Waals surface area contributed by atoms with Crippen molar-refractivity contribution >= 4 is 17.5 Å². The molecule has 0 atom stereocenters. The highest BCUT2D eigenvalue weighted by Gasteiger charge is 2.13. The fourth-order valence-corrected chi connectivity index (χ4v) is 2.51. The molecular weight excluding hydrogens is 372 g/mol. The van der Waals surface area contributed by atoms with Crippen LogP contribution in [-0.2, 0) is 11.3 Å². The molecule has 3 rings (SSSR count). The number of para-hydroxylation sites is 1. The molecule has 0 aliphatic carbocycles. The summed E-state index contributed by atoms with van der Waals surface area (Å²) in [6.07, 6.45) is 0. The first-order valence-electron chi connectivity index (χ1n) is 9.12. The normalized spacial score (nSPS) is 10.7. The van der Waals surface area contributed by atoms with E-state index in [0.29, 0.717) is 24.0 Å². The van der Waals surface area contributed by atoms with Gasteiger partial charge in [-0.1, -0.05) is 26.0 Å². The lowest BCUT2D eigenvalue weighted by molar-refractivity contribution is -0.117. The van der Waals surface area contributed by atoms with Crippen LogP contribution in [0.25, 0.3) is 11.4 Å². The Hall–Kier alpha value is -3.75. The molecule has 0 radical (unpaired) electrons. The van der Waals surface area contributed by atoms with Gasteiger partial charge in [-0.15, -0.1) is 10.2 Å². The molecule has 0 unspecified atom stereocenters. The van der Waals surface area contributed by atoms with Crippen molar-refractivity contribution in [3.05, 3.63) is 54.1 Å². The summed E-state index contributed by atoms with van der Waals surface area (Å²) in [6, 6.07) is 13.8. The zero-order valence-electron chi connectivity index (χ0n) is 16.2. The van der Waals surface area contributed by atoms with E-state index >= 15 is 0 Å². The molecule has 1 heterocycles. The zero-order valence-corrected chi connectivity index (χ0v) is 16.2. The van der Waals surface area contributed by atoms with Crippen LogP contribution < -0.4 is 15.8 Å². The van der Waals surface area contributed by atoms with E-state index in [0.717, 1.165) is 11.3 Å². The van der Waals surface area contributed by atoms with Crippen molar-refractivity contribution in [1.29, 1.82) is 0 Å². The van der Waals surface area contributed by atoms with Crippen LogP contribution in [0.2, 0.25) is 0 Å². The summed E-state index contributed by atoms with van der Waals surface area (Å²) >= 11 is 0. The number of tetrazole rings is 1. The van der Waals surface area contributed by atoms with Crippen LogP contribution in [0.15, 0.2) is 48.5 Å². The van der Waals surface area contributed by atoms with Crippen LogP contribution >= 0.6 is 0 Å². The highest BCUT2D eigenvalue weighted by atomic mass is 16.5. The van der Waals surface area contributed by atoms with Gasteiger partial charge in [-0.25, -0.2) is 0 Å². The van der Waals surface area contributed by atoms with Crippen molar-refractivity contribution in [3.63, 3.8) is 0 Å². The van der Waals surface area contributed by atoms with Crippen molar-refractivity contribution in [2.45, 2.75) is 20.4 Å². The van der Waals surface area contributed by atoms with Crippen molar-refractivity contribution in [2.24, 2.45) is 11.7 Å². The van der Waals surface area contributed by atoms with E-state index in [1.165, 1.54) is 10.9 Å². The van der Waals surface area contributed by atoms with E-state index in [2.05, 4.69) is 34.6 Å². The fraction of sp³-hybridized carbons (Fsp3) is 0.250. The molecule has 29 heavy (non-hydrogen) atoms. The Labute approximate surface area is 167 Å². The SMILES string of the molecule is CC(C)COc1ccc(-c2nnn(CC(=O)Nc3ccccc3C(N)=O)n2)cc1. The molecular formula is C20H22N6O3. The first-order valence-corrected chi connectivity index (χ1v) is 9.12. The van der Waals surface area contributed by atoms with Crippen molar-refractivity contribution < 1.29 is 14.3 Å². The minimum atomic E-state index is -0.622. The van der Waals surface area contributed by atoms with Crippen molar-refractivity contribution in [1.82, 2.24) is 20.2 Å². The summed E-state index contributed by atoms with van der Waals surface area (Å²) in [7, 11) is 0. The van der Waals surface area contributed by atoms with E-state index < -0.39 is 11.8 Å². The van der Waals surface area contributed by atoms with Gasteiger partial charge < -0.3 is 15.8 Å². The number of anilines is 1. The molecule has 0 aliphatic rings. The third kappa shape index (κ3) is 5.38. The lowest BCUT2D eigenvalue weighted by Crippen LogP contribution is -2.23. The molecule has 9 heteroatoms. The Morgan fingerprint density at radius 1 is 1.14 bits per heavy atom. The van der Waals surface area contributed by atoms with E-state index in [-0.39, 0.29) is 12.1 Å². The molecule has 150 valence electrons. The summed E-state index contributed by atoms with van der Waals surface area (Å²) < 4.78 is 5.65. The van der Waals surface area contributed by atoms with E-state index in [9.17, 15) is 9.59 Å².